The van der Waals surface area contributed by atoms with Gasteiger partial charge in [0.05, 0.1) is 12.6 Å². The predicted octanol–water partition coefficient (Wildman–Crippen LogP) is 2.74. The number of aliphatic hydroxyl groups is 1. The summed E-state index contributed by atoms with van der Waals surface area (Å²) in [5, 5.41) is 10.1. The van der Waals surface area contributed by atoms with E-state index in [1.807, 2.05) is 61.5 Å². The minimum Gasteiger partial charge on any atom is -0.366 e. The van der Waals surface area contributed by atoms with Gasteiger partial charge in [-0.05, 0) is 31.0 Å². The zero-order chi connectivity index (χ0) is 16.2. The van der Waals surface area contributed by atoms with Gasteiger partial charge in [0, 0.05) is 12.1 Å². The zero-order valence-electron chi connectivity index (χ0n) is 13.2. The van der Waals surface area contributed by atoms with E-state index in [2.05, 4.69) is 0 Å². The van der Waals surface area contributed by atoms with E-state index in [4.69, 9.17) is 4.74 Å². The molecule has 1 aliphatic heterocycles. The molecule has 0 aliphatic carbocycles. The quantitative estimate of drug-likeness (QED) is 0.944. The molecule has 2 aromatic rings. The molecule has 23 heavy (non-hydrogen) atoms. The summed E-state index contributed by atoms with van der Waals surface area (Å²) in [6.07, 6.45) is -0.279. The lowest BCUT2D eigenvalue weighted by Gasteiger charge is -2.30. The topological polar surface area (TPSA) is 49.8 Å². The van der Waals surface area contributed by atoms with Gasteiger partial charge in [-0.3, -0.25) is 4.79 Å². The fourth-order valence-electron chi connectivity index (χ4n) is 2.85. The second-order valence-corrected chi connectivity index (χ2v) is 5.90. The average Bonchev–Trinajstić information content (AvgIpc) is 2.99. The van der Waals surface area contributed by atoms with Crippen molar-refractivity contribution < 1.29 is 14.6 Å². The molecule has 2 atom stereocenters. The minimum atomic E-state index is -0.923. The first-order valence-corrected chi connectivity index (χ1v) is 7.86. The van der Waals surface area contributed by atoms with E-state index < -0.39 is 6.29 Å². The van der Waals surface area contributed by atoms with Crippen molar-refractivity contribution in [2.24, 2.45) is 0 Å². The van der Waals surface area contributed by atoms with Gasteiger partial charge in [-0.2, -0.15) is 0 Å². The van der Waals surface area contributed by atoms with Gasteiger partial charge in [-0.25, -0.2) is 0 Å². The van der Waals surface area contributed by atoms with Crippen molar-refractivity contribution >= 4 is 5.91 Å². The Morgan fingerprint density at radius 1 is 1.17 bits per heavy atom. The van der Waals surface area contributed by atoms with E-state index in [1.54, 1.807) is 4.90 Å². The highest BCUT2D eigenvalue weighted by atomic mass is 16.6. The zero-order valence-corrected chi connectivity index (χ0v) is 13.2. The van der Waals surface area contributed by atoms with Crippen LogP contribution in [0.3, 0.4) is 0 Å². The lowest BCUT2D eigenvalue weighted by Crippen LogP contribution is -2.44. The monoisotopic (exact) mass is 311 g/mol. The Balaban J connectivity index is 1.87. The molecule has 2 unspecified atom stereocenters. The summed E-state index contributed by atoms with van der Waals surface area (Å²) in [6.45, 7) is 2.92. The molecule has 4 nitrogen and oxygen atoms in total. The van der Waals surface area contributed by atoms with Crippen molar-refractivity contribution in [3.05, 3.63) is 71.3 Å². The third-order valence-corrected chi connectivity index (χ3v) is 4.19. The highest BCUT2D eigenvalue weighted by molar-refractivity contribution is 5.94. The van der Waals surface area contributed by atoms with E-state index in [-0.39, 0.29) is 11.9 Å². The van der Waals surface area contributed by atoms with Gasteiger partial charge in [0.15, 0.2) is 6.29 Å². The summed E-state index contributed by atoms with van der Waals surface area (Å²) >= 11 is 0. The van der Waals surface area contributed by atoms with E-state index in [9.17, 15) is 9.90 Å². The molecule has 1 saturated heterocycles. The number of carbonyl (C=O) groups is 1. The van der Waals surface area contributed by atoms with E-state index >= 15 is 0 Å². The first-order valence-electron chi connectivity index (χ1n) is 7.86. The Bertz CT molecular complexity index is 654. The Kier molecular flexibility index (Phi) is 4.74. The fourth-order valence-corrected chi connectivity index (χ4v) is 2.85. The molecule has 3 rings (SSSR count). The molecular formula is C19H21NO3. The third kappa shape index (κ3) is 3.60. The largest absolute Gasteiger partial charge is 0.366 e. The second kappa shape index (κ2) is 6.94. The molecular weight excluding hydrogens is 290 g/mol. The van der Waals surface area contributed by atoms with Crippen molar-refractivity contribution in [1.82, 2.24) is 4.90 Å². The smallest absolute Gasteiger partial charge is 0.254 e. The Morgan fingerprint density at radius 3 is 2.48 bits per heavy atom. The van der Waals surface area contributed by atoms with Gasteiger partial charge in [0.25, 0.3) is 5.91 Å². The summed E-state index contributed by atoms with van der Waals surface area (Å²) in [5.41, 5.74) is 2.78. The number of amides is 1. The highest BCUT2D eigenvalue weighted by Crippen LogP contribution is 2.23. The number of nitrogens with zero attached hydrogens (tertiary/aromatic N) is 1. The standard InChI is InChI=1S/C19H21NO3/c1-14-7-9-16(10-8-14)18(21)20(17-11-12-23-19(17)22)13-15-5-3-2-4-6-15/h2-10,17,19,22H,11-13H2,1H3. The second-order valence-electron chi connectivity index (χ2n) is 5.90. The van der Waals surface area contributed by atoms with Gasteiger partial charge >= 0.3 is 0 Å². The molecule has 120 valence electrons. The molecule has 1 amide bonds. The van der Waals surface area contributed by atoms with Gasteiger partial charge in [0.2, 0.25) is 0 Å². The molecule has 0 radical (unpaired) electrons. The van der Waals surface area contributed by atoms with Gasteiger partial charge < -0.3 is 14.7 Å². The van der Waals surface area contributed by atoms with E-state index in [0.29, 0.717) is 25.1 Å². The molecule has 0 spiro atoms. The summed E-state index contributed by atoms with van der Waals surface area (Å²) in [7, 11) is 0. The highest BCUT2D eigenvalue weighted by Gasteiger charge is 2.35. The van der Waals surface area contributed by atoms with Crippen molar-refractivity contribution in [1.29, 1.82) is 0 Å². The molecule has 1 fully saturated rings. The Labute approximate surface area is 136 Å². The molecule has 1 heterocycles. The van der Waals surface area contributed by atoms with Crippen molar-refractivity contribution in [2.45, 2.75) is 32.2 Å². The molecule has 0 saturated carbocycles. The van der Waals surface area contributed by atoms with Crippen molar-refractivity contribution in [3.8, 4) is 0 Å². The van der Waals surface area contributed by atoms with Crippen molar-refractivity contribution in [3.63, 3.8) is 0 Å². The summed E-state index contributed by atoms with van der Waals surface area (Å²) < 4.78 is 5.25. The maximum absolute atomic E-state index is 13.0. The van der Waals surface area contributed by atoms with Gasteiger partial charge in [-0.1, -0.05) is 48.0 Å². The first-order chi connectivity index (χ1) is 11.1. The van der Waals surface area contributed by atoms with Crippen LogP contribution in [0.4, 0.5) is 0 Å². The normalized spacial score (nSPS) is 20.4. The lowest BCUT2D eigenvalue weighted by molar-refractivity contribution is -0.0892. The number of ether oxygens (including phenoxy) is 1. The number of carbonyl (C=O) groups excluding carboxylic acids is 1. The summed E-state index contributed by atoms with van der Waals surface area (Å²) in [5.74, 6) is -0.0802. The summed E-state index contributed by atoms with van der Waals surface area (Å²) in [4.78, 5) is 14.7. The number of hydrogen-bond donors (Lipinski definition) is 1. The van der Waals surface area contributed by atoms with Crippen LogP contribution in [0.1, 0.15) is 27.9 Å². The predicted molar refractivity (Wildman–Crippen MR) is 87.9 cm³/mol. The molecule has 4 heteroatoms. The van der Waals surface area contributed by atoms with Crippen molar-refractivity contribution in [2.75, 3.05) is 6.61 Å². The number of hydrogen-bond acceptors (Lipinski definition) is 3. The maximum atomic E-state index is 13.0. The van der Waals surface area contributed by atoms with Crippen LogP contribution in [0, 0.1) is 6.92 Å². The molecule has 1 N–H and O–H groups in total. The third-order valence-electron chi connectivity index (χ3n) is 4.19. The van der Waals surface area contributed by atoms with Crippen LogP contribution in [-0.4, -0.2) is 34.9 Å². The summed E-state index contributed by atoms with van der Waals surface area (Å²) in [6, 6.07) is 17.0. The molecule has 0 aromatic heterocycles. The van der Waals surface area contributed by atoms with Crippen LogP contribution in [0.2, 0.25) is 0 Å². The van der Waals surface area contributed by atoms with E-state index in [1.165, 1.54) is 0 Å². The van der Waals surface area contributed by atoms with E-state index in [0.717, 1.165) is 11.1 Å². The number of rotatable bonds is 4. The Morgan fingerprint density at radius 2 is 1.87 bits per heavy atom. The average molecular weight is 311 g/mol. The molecule has 0 bridgehead atoms. The minimum absolute atomic E-state index is 0.0802. The molecule has 2 aromatic carbocycles. The van der Waals surface area contributed by atoms with Crippen LogP contribution in [0.5, 0.6) is 0 Å². The van der Waals surface area contributed by atoms with Crippen LogP contribution in [0.25, 0.3) is 0 Å². The SMILES string of the molecule is Cc1ccc(C(=O)N(Cc2ccccc2)C2CCOC2O)cc1. The molecule has 1 aliphatic rings. The van der Waals surface area contributed by atoms with Gasteiger partial charge in [-0.15, -0.1) is 0 Å². The van der Waals surface area contributed by atoms with Crippen LogP contribution >= 0.6 is 0 Å². The Hall–Kier alpha value is -2.17. The number of aliphatic hydroxyl groups excluding tert-OH is 1. The fraction of sp³-hybridized carbons (Fsp3) is 0.316. The van der Waals surface area contributed by atoms with Crippen LogP contribution < -0.4 is 0 Å². The van der Waals surface area contributed by atoms with Crippen LogP contribution in [-0.2, 0) is 11.3 Å². The lowest BCUT2D eigenvalue weighted by atomic mass is 10.1. The van der Waals surface area contributed by atoms with Gasteiger partial charge in [0.1, 0.15) is 0 Å². The first kappa shape index (κ1) is 15.7. The van der Waals surface area contributed by atoms with Crippen LogP contribution in [0.15, 0.2) is 54.6 Å². The number of benzene rings is 2. The number of aryl methyl sites for hydroxylation is 1. The maximum Gasteiger partial charge on any atom is 0.254 e.